The van der Waals surface area contributed by atoms with E-state index >= 15 is 0 Å². The molecule has 5 heteroatoms. The third kappa shape index (κ3) is 2.21. The molecular weight excluding hydrogens is 176 g/mol. The maximum atomic E-state index is 8.43. The van der Waals surface area contributed by atoms with Crippen LogP contribution in [0.2, 0.25) is 0 Å². The SMILES string of the molecule is CC(CCl)Cn1cnc(C#N)n1. The average Bonchev–Trinajstić information content (AvgIpc) is 2.52. The van der Waals surface area contributed by atoms with Crippen LogP contribution in [0.3, 0.4) is 0 Å². The summed E-state index contributed by atoms with van der Waals surface area (Å²) in [4.78, 5) is 3.77. The van der Waals surface area contributed by atoms with Crippen molar-refractivity contribution in [3.8, 4) is 6.07 Å². The highest BCUT2D eigenvalue weighted by Gasteiger charge is 2.03. The van der Waals surface area contributed by atoms with Crippen molar-refractivity contribution in [2.75, 3.05) is 5.88 Å². The molecule has 0 aliphatic carbocycles. The van der Waals surface area contributed by atoms with Crippen LogP contribution in [0.4, 0.5) is 0 Å². The molecule has 1 aromatic heterocycles. The Labute approximate surface area is 75.8 Å². The van der Waals surface area contributed by atoms with Crippen LogP contribution in [-0.4, -0.2) is 20.6 Å². The minimum absolute atomic E-state index is 0.205. The van der Waals surface area contributed by atoms with Gasteiger partial charge in [-0.2, -0.15) is 5.26 Å². The quantitative estimate of drug-likeness (QED) is 0.660. The Morgan fingerprint density at radius 1 is 1.83 bits per heavy atom. The number of alkyl halides is 1. The van der Waals surface area contributed by atoms with Crippen LogP contribution in [0, 0.1) is 17.2 Å². The molecule has 0 spiro atoms. The molecule has 12 heavy (non-hydrogen) atoms. The first kappa shape index (κ1) is 9.01. The maximum absolute atomic E-state index is 8.43. The van der Waals surface area contributed by atoms with E-state index in [0.29, 0.717) is 18.3 Å². The van der Waals surface area contributed by atoms with Gasteiger partial charge in [0, 0.05) is 12.4 Å². The van der Waals surface area contributed by atoms with E-state index in [9.17, 15) is 0 Å². The molecule has 0 aliphatic heterocycles. The van der Waals surface area contributed by atoms with Crippen LogP contribution >= 0.6 is 11.6 Å². The standard InChI is InChI=1S/C7H9ClN4/c1-6(2-8)4-12-5-10-7(3-9)11-12/h5-6H,2,4H2,1H3. The number of halogens is 1. The number of hydrogen-bond donors (Lipinski definition) is 0. The second kappa shape index (κ2) is 4.07. The van der Waals surface area contributed by atoms with Gasteiger partial charge in [-0.25, -0.2) is 4.98 Å². The molecule has 1 atom stereocenters. The van der Waals surface area contributed by atoms with E-state index in [2.05, 4.69) is 10.1 Å². The van der Waals surface area contributed by atoms with Gasteiger partial charge in [-0.05, 0) is 5.92 Å². The first-order valence-electron chi connectivity index (χ1n) is 3.61. The van der Waals surface area contributed by atoms with Crippen molar-refractivity contribution in [3.63, 3.8) is 0 Å². The molecule has 0 aromatic carbocycles. The second-order valence-electron chi connectivity index (χ2n) is 2.66. The number of aromatic nitrogens is 3. The van der Waals surface area contributed by atoms with Gasteiger partial charge in [-0.15, -0.1) is 16.7 Å². The van der Waals surface area contributed by atoms with Crippen LogP contribution in [0.25, 0.3) is 0 Å². The Bertz CT molecular complexity index is 288. The number of nitriles is 1. The summed E-state index contributed by atoms with van der Waals surface area (Å²) in [5.41, 5.74) is 0. The summed E-state index contributed by atoms with van der Waals surface area (Å²) < 4.78 is 1.63. The molecule has 1 aromatic rings. The fourth-order valence-electron chi connectivity index (χ4n) is 0.802. The number of nitrogens with zero attached hydrogens (tertiary/aromatic N) is 4. The van der Waals surface area contributed by atoms with Crippen LogP contribution in [0.15, 0.2) is 6.33 Å². The Morgan fingerprint density at radius 2 is 2.58 bits per heavy atom. The van der Waals surface area contributed by atoms with Crippen LogP contribution < -0.4 is 0 Å². The summed E-state index contributed by atoms with van der Waals surface area (Å²) in [6, 6.07) is 1.86. The van der Waals surface area contributed by atoms with E-state index in [4.69, 9.17) is 16.9 Å². The summed E-state index contributed by atoms with van der Waals surface area (Å²) in [6.07, 6.45) is 1.54. The first-order valence-corrected chi connectivity index (χ1v) is 4.15. The van der Waals surface area contributed by atoms with Crippen LogP contribution in [-0.2, 0) is 6.54 Å². The molecule has 4 nitrogen and oxygen atoms in total. The lowest BCUT2D eigenvalue weighted by Crippen LogP contribution is -2.09. The molecule has 1 heterocycles. The van der Waals surface area contributed by atoms with Crippen molar-refractivity contribution >= 4 is 11.6 Å². The van der Waals surface area contributed by atoms with E-state index in [1.54, 1.807) is 11.0 Å². The zero-order valence-corrected chi connectivity index (χ0v) is 7.49. The van der Waals surface area contributed by atoms with Gasteiger partial charge >= 0.3 is 0 Å². The minimum atomic E-state index is 0.205. The third-order valence-corrected chi connectivity index (χ3v) is 1.93. The Kier molecular flexibility index (Phi) is 3.06. The van der Waals surface area contributed by atoms with Crippen molar-refractivity contribution in [2.24, 2.45) is 5.92 Å². The van der Waals surface area contributed by atoms with E-state index < -0.39 is 0 Å². The zero-order chi connectivity index (χ0) is 8.97. The van der Waals surface area contributed by atoms with Crippen molar-refractivity contribution in [1.82, 2.24) is 14.8 Å². The lowest BCUT2D eigenvalue weighted by molar-refractivity contribution is 0.485. The molecule has 0 saturated carbocycles. The minimum Gasteiger partial charge on any atom is -0.251 e. The molecule has 0 N–H and O–H groups in total. The van der Waals surface area contributed by atoms with Gasteiger partial charge in [0.25, 0.3) is 5.82 Å². The average molecular weight is 185 g/mol. The van der Waals surface area contributed by atoms with Gasteiger partial charge in [0.15, 0.2) is 0 Å². The predicted octanol–water partition coefficient (Wildman–Crippen LogP) is 1.02. The number of rotatable bonds is 3. The van der Waals surface area contributed by atoms with Crippen molar-refractivity contribution in [3.05, 3.63) is 12.2 Å². The molecule has 0 bridgehead atoms. The van der Waals surface area contributed by atoms with Crippen molar-refractivity contribution in [2.45, 2.75) is 13.5 Å². The molecule has 0 aliphatic rings. The molecule has 0 saturated heterocycles. The molecule has 1 rings (SSSR count). The summed E-state index contributed by atoms with van der Waals surface area (Å²) in [5.74, 6) is 1.14. The lowest BCUT2D eigenvalue weighted by atomic mass is 10.2. The van der Waals surface area contributed by atoms with Crippen molar-refractivity contribution in [1.29, 1.82) is 5.26 Å². The van der Waals surface area contributed by atoms with Gasteiger partial charge in [0.2, 0.25) is 0 Å². The maximum Gasteiger partial charge on any atom is 0.252 e. The van der Waals surface area contributed by atoms with Gasteiger partial charge in [0.1, 0.15) is 12.4 Å². The zero-order valence-electron chi connectivity index (χ0n) is 6.74. The molecule has 64 valence electrons. The number of hydrogen-bond acceptors (Lipinski definition) is 3. The Balaban J connectivity index is 2.59. The van der Waals surface area contributed by atoms with E-state index in [1.807, 2.05) is 13.0 Å². The summed E-state index contributed by atoms with van der Waals surface area (Å²) in [5, 5.41) is 12.3. The predicted molar refractivity (Wildman–Crippen MR) is 44.6 cm³/mol. The van der Waals surface area contributed by atoms with E-state index in [-0.39, 0.29) is 5.82 Å². The summed E-state index contributed by atoms with van der Waals surface area (Å²) >= 11 is 5.62. The fraction of sp³-hybridized carbons (Fsp3) is 0.571. The molecule has 1 unspecified atom stereocenters. The van der Waals surface area contributed by atoms with Crippen LogP contribution in [0.5, 0.6) is 0 Å². The van der Waals surface area contributed by atoms with Gasteiger partial charge in [-0.1, -0.05) is 6.92 Å². The molecular formula is C7H9ClN4. The summed E-state index contributed by atoms with van der Waals surface area (Å²) in [7, 11) is 0. The third-order valence-electron chi connectivity index (χ3n) is 1.40. The molecule has 0 amide bonds. The molecule has 0 radical (unpaired) electrons. The highest BCUT2D eigenvalue weighted by molar-refractivity contribution is 6.18. The Morgan fingerprint density at radius 3 is 3.08 bits per heavy atom. The van der Waals surface area contributed by atoms with E-state index in [1.165, 1.54) is 0 Å². The lowest BCUT2D eigenvalue weighted by Gasteiger charge is -2.04. The largest absolute Gasteiger partial charge is 0.252 e. The normalized spacial score (nSPS) is 12.4. The second-order valence-corrected chi connectivity index (χ2v) is 2.97. The monoisotopic (exact) mass is 184 g/mol. The first-order chi connectivity index (χ1) is 5.76. The van der Waals surface area contributed by atoms with Crippen molar-refractivity contribution < 1.29 is 0 Å². The van der Waals surface area contributed by atoms with Gasteiger partial charge in [0.05, 0.1) is 0 Å². The van der Waals surface area contributed by atoms with Crippen LogP contribution in [0.1, 0.15) is 12.7 Å². The topological polar surface area (TPSA) is 54.5 Å². The van der Waals surface area contributed by atoms with E-state index in [0.717, 1.165) is 0 Å². The Hall–Kier alpha value is -1.08. The smallest absolute Gasteiger partial charge is 0.251 e. The summed E-state index contributed by atoms with van der Waals surface area (Å²) in [6.45, 7) is 2.72. The van der Waals surface area contributed by atoms with Gasteiger partial charge in [-0.3, -0.25) is 4.68 Å². The fourth-order valence-corrected chi connectivity index (χ4v) is 0.900. The highest BCUT2D eigenvalue weighted by atomic mass is 35.5. The van der Waals surface area contributed by atoms with Gasteiger partial charge < -0.3 is 0 Å². The highest BCUT2D eigenvalue weighted by Crippen LogP contribution is 2.01. The molecule has 0 fully saturated rings.